The molecule has 29 heavy (non-hydrogen) atoms. The Morgan fingerprint density at radius 3 is 1.52 bits per heavy atom. The van der Waals surface area contributed by atoms with Gasteiger partial charge in [-0.25, -0.2) is 9.59 Å². The van der Waals surface area contributed by atoms with Crippen LogP contribution in [0.2, 0.25) is 0 Å². The van der Waals surface area contributed by atoms with Crippen molar-refractivity contribution in [3.05, 3.63) is 59.7 Å². The van der Waals surface area contributed by atoms with Crippen LogP contribution in [0.3, 0.4) is 0 Å². The molecule has 0 radical (unpaired) electrons. The number of hydrogen-bond acceptors (Lipinski definition) is 7. The number of ether oxygens (including phenoxy) is 3. The van der Waals surface area contributed by atoms with E-state index in [9.17, 15) is 9.59 Å². The SMILES string of the molecule is COCCSc1ccc(C(=O)O)cc1.COCCSc1ccc(C(=O)OC)cc1. The van der Waals surface area contributed by atoms with Crippen LogP contribution in [0.1, 0.15) is 20.7 Å². The third-order valence-corrected chi connectivity index (χ3v) is 5.44. The lowest BCUT2D eigenvalue weighted by atomic mass is 10.2. The number of aromatic carboxylic acids is 1. The van der Waals surface area contributed by atoms with Crippen LogP contribution in [0, 0.1) is 0 Å². The predicted molar refractivity (Wildman–Crippen MR) is 116 cm³/mol. The van der Waals surface area contributed by atoms with E-state index in [4.69, 9.17) is 14.6 Å². The fourth-order valence-electron chi connectivity index (χ4n) is 1.98. The summed E-state index contributed by atoms with van der Waals surface area (Å²) < 4.78 is 14.5. The van der Waals surface area contributed by atoms with Crippen LogP contribution in [0.5, 0.6) is 0 Å². The Morgan fingerprint density at radius 2 is 1.17 bits per heavy atom. The quantitative estimate of drug-likeness (QED) is 0.333. The van der Waals surface area contributed by atoms with Gasteiger partial charge in [-0.15, -0.1) is 23.5 Å². The smallest absolute Gasteiger partial charge is 0.337 e. The minimum absolute atomic E-state index is 0.302. The normalized spacial score (nSPS) is 10.0. The molecule has 0 heterocycles. The summed E-state index contributed by atoms with van der Waals surface area (Å²) in [7, 11) is 4.72. The molecule has 2 rings (SSSR count). The van der Waals surface area contributed by atoms with Crippen molar-refractivity contribution in [2.24, 2.45) is 0 Å². The number of esters is 1. The summed E-state index contributed by atoms with van der Waals surface area (Å²) in [5.74, 6) is 0.596. The monoisotopic (exact) mass is 438 g/mol. The first-order valence-electron chi connectivity index (χ1n) is 8.77. The van der Waals surface area contributed by atoms with Crippen LogP contribution in [-0.2, 0) is 14.2 Å². The van der Waals surface area contributed by atoms with Crippen molar-refractivity contribution in [3.8, 4) is 0 Å². The van der Waals surface area contributed by atoms with Gasteiger partial charge in [0.05, 0.1) is 31.5 Å². The number of carbonyl (C=O) groups excluding carboxylic acids is 1. The van der Waals surface area contributed by atoms with Crippen LogP contribution in [0.4, 0.5) is 0 Å². The molecule has 0 aliphatic heterocycles. The Bertz CT molecular complexity index is 732. The molecule has 0 bridgehead atoms. The molecule has 0 aliphatic carbocycles. The average molecular weight is 439 g/mol. The molecule has 0 atom stereocenters. The van der Waals surface area contributed by atoms with Gasteiger partial charge in [-0.3, -0.25) is 0 Å². The number of benzene rings is 2. The Kier molecular flexibility index (Phi) is 12.9. The van der Waals surface area contributed by atoms with Gasteiger partial charge in [-0.1, -0.05) is 0 Å². The highest BCUT2D eigenvalue weighted by atomic mass is 32.2. The topological polar surface area (TPSA) is 82.1 Å². The van der Waals surface area contributed by atoms with Crippen molar-refractivity contribution in [2.45, 2.75) is 9.79 Å². The lowest BCUT2D eigenvalue weighted by molar-refractivity contribution is 0.0599. The van der Waals surface area contributed by atoms with Gasteiger partial charge in [0.1, 0.15) is 0 Å². The average Bonchev–Trinajstić information content (AvgIpc) is 2.75. The molecule has 0 saturated heterocycles. The molecule has 2 aromatic rings. The molecule has 0 unspecified atom stereocenters. The molecule has 8 heteroatoms. The van der Waals surface area contributed by atoms with Gasteiger partial charge in [-0.2, -0.15) is 0 Å². The summed E-state index contributed by atoms with van der Waals surface area (Å²) in [4.78, 5) is 23.9. The van der Waals surface area contributed by atoms with Gasteiger partial charge in [0.15, 0.2) is 0 Å². The fraction of sp³-hybridized carbons (Fsp3) is 0.333. The summed E-state index contributed by atoms with van der Waals surface area (Å²) in [5.41, 5.74) is 0.898. The second-order valence-corrected chi connectivity index (χ2v) is 7.86. The second-order valence-electron chi connectivity index (χ2n) is 5.53. The van der Waals surface area contributed by atoms with Crippen LogP contribution in [0.25, 0.3) is 0 Å². The molecule has 0 amide bonds. The molecule has 0 fully saturated rings. The summed E-state index contributed by atoms with van der Waals surface area (Å²) in [5, 5.41) is 8.66. The van der Waals surface area contributed by atoms with Crippen molar-refractivity contribution in [2.75, 3.05) is 46.0 Å². The highest BCUT2D eigenvalue weighted by Gasteiger charge is 2.04. The maximum Gasteiger partial charge on any atom is 0.337 e. The fourth-order valence-corrected chi connectivity index (χ4v) is 3.61. The maximum absolute atomic E-state index is 11.1. The van der Waals surface area contributed by atoms with Crippen LogP contribution in [-0.4, -0.2) is 63.1 Å². The highest BCUT2D eigenvalue weighted by Crippen LogP contribution is 2.19. The second kappa shape index (κ2) is 14.9. The van der Waals surface area contributed by atoms with E-state index in [-0.39, 0.29) is 5.97 Å². The van der Waals surface area contributed by atoms with Crippen molar-refractivity contribution >= 4 is 35.5 Å². The number of carboxylic acids is 1. The lowest BCUT2D eigenvalue weighted by Crippen LogP contribution is -2.00. The molecule has 0 spiro atoms. The minimum Gasteiger partial charge on any atom is -0.478 e. The lowest BCUT2D eigenvalue weighted by Gasteiger charge is -2.02. The third kappa shape index (κ3) is 10.4. The van der Waals surface area contributed by atoms with E-state index in [2.05, 4.69) is 4.74 Å². The number of thioether (sulfide) groups is 2. The summed E-state index contributed by atoms with van der Waals surface area (Å²) >= 11 is 3.34. The van der Waals surface area contributed by atoms with Crippen molar-refractivity contribution in [3.63, 3.8) is 0 Å². The zero-order chi connectivity index (χ0) is 21.5. The molecule has 0 saturated carbocycles. The van der Waals surface area contributed by atoms with Crippen molar-refractivity contribution in [1.29, 1.82) is 0 Å². The molecule has 2 aromatic carbocycles. The zero-order valence-corrected chi connectivity index (χ0v) is 18.4. The van der Waals surface area contributed by atoms with Crippen LogP contribution < -0.4 is 0 Å². The minimum atomic E-state index is -0.890. The zero-order valence-electron chi connectivity index (χ0n) is 16.8. The predicted octanol–water partition coefficient (Wildman–Crippen LogP) is 4.34. The van der Waals surface area contributed by atoms with E-state index in [1.54, 1.807) is 62.0 Å². The first kappa shape index (κ1) is 25.0. The van der Waals surface area contributed by atoms with Crippen molar-refractivity contribution < 1.29 is 28.9 Å². The van der Waals surface area contributed by atoms with E-state index >= 15 is 0 Å². The summed E-state index contributed by atoms with van der Waals surface area (Å²) in [6.07, 6.45) is 0. The van der Waals surface area contributed by atoms with Gasteiger partial charge >= 0.3 is 11.9 Å². The van der Waals surface area contributed by atoms with Crippen LogP contribution in [0.15, 0.2) is 58.3 Å². The largest absolute Gasteiger partial charge is 0.478 e. The number of carbonyl (C=O) groups is 2. The number of hydrogen-bond donors (Lipinski definition) is 1. The Hall–Kier alpha value is -2.00. The van der Waals surface area contributed by atoms with Gasteiger partial charge < -0.3 is 19.3 Å². The van der Waals surface area contributed by atoms with Gasteiger partial charge in [0, 0.05) is 35.5 Å². The Labute approximate surface area is 179 Å². The molecule has 0 aromatic heterocycles. The molecular formula is C21H26O6S2. The first-order valence-corrected chi connectivity index (χ1v) is 10.7. The standard InChI is InChI=1S/C11H14O3S.C10H12O3S/c1-13-7-8-15-10-5-3-9(4-6-10)11(12)14-2;1-13-6-7-14-9-4-2-8(3-5-9)10(11)12/h3-6H,7-8H2,1-2H3;2-5H,6-7H2,1H3,(H,11,12). The van der Waals surface area contributed by atoms with E-state index in [0.29, 0.717) is 17.7 Å². The van der Waals surface area contributed by atoms with E-state index < -0.39 is 5.97 Å². The number of methoxy groups -OCH3 is 3. The van der Waals surface area contributed by atoms with Gasteiger partial charge in [-0.05, 0) is 48.5 Å². The number of rotatable bonds is 10. The van der Waals surface area contributed by atoms with E-state index in [1.807, 2.05) is 24.3 Å². The van der Waals surface area contributed by atoms with E-state index in [1.165, 1.54) is 7.11 Å². The molecule has 1 N–H and O–H groups in total. The van der Waals surface area contributed by atoms with E-state index in [0.717, 1.165) is 27.9 Å². The Balaban J connectivity index is 0.000000291. The summed E-state index contributed by atoms with van der Waals surface area (Å²) in [6, 6.07) is 14.2. The molecule has 0 aliphatic rings. The number of carboxylic acid groups (broad SMARTS) is 1. The third-order valence-electron chi connectivity index (χ3n) is 3.49. The van der Waals surface area contributed by atoms with Gasteiger partial charge in [0.25, 0.3) is 0 Å². The van der Waals surface area contributed by atoms with Gasteiger partial charge in [0.2, 0.25) is 0 Å². The Morgan fingerprint density at radius 1 is 0.759 bits per heavy atom. The molecule has 6 nitrogen and oxygen atoms in total. The molecular weight excluding hydrogens is 412 g/mol. The van der Waals surface area contributed by atoms with Crippen LogP contribution >= 0.6 is 23.5 Å². The first-order chi connectivity index (χ1) is 14.0. The van der Waals surface area contributed by atoms with Crippen molar-refractivity contribution in [1.82, 2.24) is 0 Å². The summed E-state index contributed by atoms with van der Waals surface area (Å²) in [6.45, 7) is 1.43. The molecule has 158 valence electrons. The maximum atomic E-state index is 11.1. The highest BCUT2D eigenvalue weighted by molar-refractivity contribution is 7.99.